The molecule has 0 radical (unpaired) electrons. The molecular formula is C28H29NO4S. The molecule has 0 saturated heterocycles. The predicted molar refractivity (Wildman–Crippen MR) is 138 cm³/mol. The summed E-state index contributed by atoms with van der Waals surface area (Å²) in [6.45, 7) is 5.78. The van der Waals surface area contributed by atoms with Crippen LogP contribution in [0.3, 0.4) is 0 Å². The Morgan fingerprint density at radius 2 is 1.68 bits per heavy atom. The number of likely N-dealkylation sites (N-methyl/N-ethyl adjacent to an activating group) is 1. The quantitative estimate of drug-likeness (QED) is 0.277. The van der Waals surface area contributed by atoms with Crippen molar-refractivity contribution < 1.29 is 19.7 Å². The fourth-order valence-electron chi connectivity index (χ4n) is 3.81. The summed E-state index contributed by atoms with van der Waals surface area (Å²) < 4.78 is 6.71. The number of benzene rings is 3. The molecule has 34 heavy (non-hydrogen) atoms. The molecule has 0 bridgehead atoms. The zero-order valence-electron chi connectivity index (χ0n) is 19.6. The maximum absolute atomic E-state index is 13.6. The molecule has 176 valence electrons. The number of ether oxygens (including phenoxy) is 1. The van der Waals surface area contributed by atoms with Crippen LogP contribution in [0.5, 0.6) is 17.2 Å². The van der Waals surface area contributed by atoms with Gasteiger partial charge in [0.15, 0.2) is 5.78 Å². The Balaban J connectivity index is 1.60. The Bertz CT molecular complexity index is 1280. The van der Waals surface area contributed by atoms with E-state index in [4.69, 9.17) is 4.74 Å². The summed E-state index contributed by atoms with van der Waals surface area (Å²) in [7, 11) is 2.09. The molecule has 3 aromatic carbocycles. The van der Waals surface area contributed by atoms with E-state index in [1.807, 2.05) is 12.1 Å². The molecule has 1 aromatic heterocycles. The highest BCUT2D eigenvalue weighted by Crippen LogP contribution is 2.41. The fraction of sp³-hybridized carbons (Fsp3) is 0.250. The third-order valence-electron chi connectivity index (χ3n) is 6.20. The van der Waals surface area contributed by atoms with Gasteiger partial charge in [-0.1, -0.05) is 6.92 Å². The van der Waals surface area contributed by atoms with E-state index >= 15 is 0 Å². The van der Waals surface area contributed by atoms with E-state index in [2.05, 4.69) is 25.8 Å². The summed E-state index contributed by atoms with van der Waals surface area (Å²) >= 11 is 1.45. The maximum atomic E-state index is 13.6. The second kappa shape index (κ2) is 10.3. The smallest absolute Gasteiger partial charge is 0.195 e. The van der Waals surface area contributed by atoms with Crippen molar-refractivity contribution in [2.45, 2.75) is 26.3 Å². The summed E-state index contributed by atoms with van der Waals surface area (Å²) in [5.74, 6) is 0.961. The van der Waals surface area contributed by atoms with Crippen LogP contribution in [0.1, 0.15) is 36.2 Å². The molecule has 1 atom stereocenters. The average Bonchev–Trinajstić information content (AvgIpc) is 3.22. The van der Waals surface area contributed by atoms with E-state index in [-0.39, 0.29) is 17.3 Å². The van der Waals surface area contributed by atoms with Crippen LogP contribution in [0, 0.1) is 0 Å². The molecule has 5 nitrogen and oxygen atoms in total. The first-order chi connectivity index (χ1) is 16.4. The second-order valence-electron chi connectivity index (χ2n) is 8.47. The minimum atomic E-state index is -0.0944. The van der Waals surface area contributed by atoms with Crippen molar-refractivity contribution in [3.05, 3.63) is 77.9 Å². The van der Waals surface area contributed by atoms with E-state index in [0.29, 0.717) is 23.8 Å². The number of fused-ring (bicyclic) bond motifs is 1. The van der Waals surface area contributed by atoms with Crippen LogP contribution in [0.25, 0.3) is 20.5 Å². The van der Waals surface area contributed by atoms with Gasteiger partial charge in [-0.2, -0.15) is 0 Å². The molecule has 0 fully saturated rings. The van der Waals surface area contributed by atoms with Crippen LogP contribution in [0.15, 0.2) is 66.7 Å². The minimum absolute atomic E-state index is 0.0944. The number of carbonyl (C=O) groups is 1. The fourth-order valence-corrected chi connectivity index (χ4v) is 5.05. The Hall–Kier alpha value is -3.35. The van der Waals surface area contributed by atoms with Crippen molar-refractivity contribution in [3.63, 3.8) is 0 Å². The monoisotopic (exact) mass is 475 g/mol. The number of nitrogens with zero attached hydrogens (tertiary/aromatic N) is 1. The van der Waals surface area contributed by atoms with Gasteiger partial charge in [-0.05, 0) is 92.7 Å². The van der Waals surface area contributed by atoms with Gasteiger partial charge in [-0.25, -0.2) is 0 Å². The van der Waals surface area contributed by atoms with Gasteiger partial charge in [0.1, 0.15) is 23.9 Å². The summed E-state index contributed by atoms with van der Waals surface area (Å²) in [6, 6.07) is 19.6. The number of hydrogen-bond acceptors (Lipinski definition) is 6. The highest BCUT2D eigenvalue weighted by atomic mass is 32.1. The van der Waals surface area contributed by atoms with E-state index in [1.54, 1.807) is 54.6 Å². The van der Waals surface area contributed by atoms with E-state index < -0.39 is 0 Å². The lowest BCUT2D eigenvalue weighted by atomic mass is 9.97. The Kier molecular flexibility index (Phi) is 7.20. The molecule has 2 N–H and O–H groups in total. The number of phenolic OH excluding ortho intramolecular Hbond substituents is 2. The topological polar surface area (TPSA) is 70.0 Å². The van der Waals surface area contributed by atoms with Crippen molar-refractivity contribution in [1.82, 2.24) is 4.90 Å². The van der Waals surface area contributed by atoms with Crippen molar-refractivity contribution in [3.8, 4) is 27.7 Å². The van der Waals surface area contributed by atoms with Gasteiger partial charge < -0.3 is 19.8 Å². The Morgan fingerprint density at radius 3 is 2.35 bits per heavy atom. The maximum Gasteiger partial charge on any atom is 0.195 e. The van der Waals surface area contributed by atoms with Gasteiger partial charge in [-0.15, -0.1) is 11.3 Å². The predicted octanol–water partition coefficient (Wildman–Crippen LogP) is 6.32. The normalized spacial score (nSPS) is 12.2. The second-order valence-corrected chi connectivity index (χ2v) is 9.53. The molecule has 1 unspecified atom stereocenters. The summed E-state index contributed by atoms with van der Waals surface area (Å²) in [5, 5.41) is 20.4. The Labute approximate surface area is 203 Å². The molecule has 0 spiro atoms. The van der Waals surface area contributed by atoms with Gasteiger partial charge in [0, 0.05) is 38.7 Å². The molecule has 4 rings (SSSR count). The number of aromatic hydroxyl groups is 2. The lowest BCUT2D eigenvalue weighted by molar-refractivity contribution is 0.104. The van der Waals surface area contributed by atoms with Crippen molar-refractivity contribution in [2.24, 2.45) is 0 Å². The zero-order chi connectivity index (χ0) is 24.2. The van der Waals surface area contributed by atoms with Crippen LogP contribution in [0.2, 0.25) is 0 Å². The third kappa shape index (κ3) is 5.08. The van der Waals surface area contributed by atoms with Crippen LogP contribution in [-0.4, -0.2) is 47.1 Å². The highest BCUT2D eigenvalue weighted by Gasteiger charge is 2.22. The first-order valence-electron chi connectivity index (χ1n) is 11.4. The first kappa shape index (κ1) is 23.8. The zero-order valence-corrected chi connectivity index (χ0v) is 20.4. The highest BCUT2D eigenvalue weighted by molar-refractivity contribution is 7.22. The lowest BCUT2D eigenvalue weighted by Gasteiger charge is -2.23. The number of thiophene rings is 1. The number of carbonyl (C=O) groups excluding carboxylic acids is 1. The van der Waals surface area contributed by atoms with Crippen molar-refractivity contribution >= 4 is 27.2 Å². The summed E-state index contributed by atoms with van der Waals surface area (Å²) in [6.07, 6.45) is 1.09. The third-order valence-corrected chi connectivity index (χ3v) is 7.40. The number of rotatable bonds is 9. The number of phenols is 2. The molecule has 0 aliphatic carbocycles. The van der Waals surface area contributed by atoms with Crippen LogP contribution in [0.4, 0.5) is 0 Å². The van der Waals surface area contributed by atoms with E-state index in [1.165, 1.54) is 11.3 Å². The molecular weight excluding hydrogens is 446 g/mol. The molecule has 6 heteroatoms. The van der Waals surface area contributed by atoms with Gasteiger partial charge in [0.2, 0.25) is 0 Å². The molecule has 4 aromatic rings. The van der Waals surface area contributed by atoms with E-state index in [9.17, 15) is 15.0 Å². The number of ketones is 1. The average molecular weight is 476 g/mol. The summed E-state index contributed by atoms with van der Waals surface area (Å²) in [4.78, 5) is 16.7. The molecule has 0 aliphatic heterocycles. The standard InChI is InChI=1S/C28H29NO4S/c1-4-18(2)29(3)15-16-33-23-12-7-19(8-13-23)27(32)26-24-14-11-22(31)17-25(24)34-28(26)20-5-9-21(30)10-6-20/h5-14,17-18,30-31H,4,15-16H2,1-3H3. The largest absolute Gasteiger partial charge is 0.508 e. The lowest BCUT2D eigenvalue weighted by Crippen LogP contribution is -2.32. The van der Waals surface area contributed by atoms with Gasteiger partial charge in [-0.3, -0.25) is 4.79 Å². The summed E-state index contributed by atoms with van der Waals surface area (Å²) in [5.41, 5.74) is 2.00. The van der Waals surface area contributed by atoms with Gasteiger partial charge >= 0.3 is 0 Å². The number of hydrogen-bond donors (Lipinski definition) is 2. The van der Waals surface area contributed by atoms with Crippen molar-refractivity contribution in [1.29, 1.82) is 0 Å². The first-order valence-corrected chi connectivity index (χ1v) is 12.2. The molecule has 0 amide bonds. The molecule has 0 aliphatic rings. The van der Waals surface area contributed by atoms with E-state index in [0.717, 1.165) is 39.2 Å². The van der Waals surface area contributed by atoms with Crippen LogP contribution in [-0.2, 0) is 0 Å². The van der Waals surface area contributed by atoms with Crippen molar-refractivity contribution in [2.75, 3.05) is 20.2 Å². The molecule has 1 heterocycles. The van der Waals surface area contributed by atoms with Gasteiger partial charge in [0.25, 0.3) is 0 Å². The van der Waals surface area contributed by atoms with Crippen LogP contribution < -0.4 is 4.74 Å². The van der Waals surface area contributed by atoms with Gasteiger partial charge in [0.05, 0.1) is 0 Å². The minimum Gasteiger partial charge on any atom is -0.508 e. The Morgan fingerprint density at radius 1 is 1.00 bits per heavy atom. The SMILES string of the molecule is CCC(C)N(C)CCOc1ccc(C(=O)c2c(-c3ccc(O)cc3)sc3cc(O)ccc23)cc1. The molecule has 0 saturated carbocycles. The van der Waals surface area contributed by atoms with Crippen LogP contribution >= 0.6 is 11.3 Å².